The lowest BCUT2D eigenvalue weighted by atomic mass is 10.0. The zero-order valence-corrected chi connectivity index (χ0v) is 22.7. The predicted molar refractivity (Wildman–Crippen MR) is 128 cm³/mol. The molecule has 0 aromatic rings. The number of alkyl carbamates (subject to hydrolysis) is 1. The fourth-order valence-electron chi connectivity index (χ4n) is 2.27. The molecule has 10 heteroatoms. The first kappa shape index (κ1) is 32.5. The second-order valence-corrected chi connectivity index (χ2v) is 10.8. The lowest BCUT2D eigenvalue weighted by Crippen LogP contribution is -2.45. The van der Waals surface area contributed by atoms with E-state index in [1.165, 1.54) is 0 Å². The first-order valence-corrected chi connectivity index (χ1v) is 11.6. The van der Waals surface area contributed by atoms with Crippen molar-refractivity contribution in [3.8, 4) is 0 Å². The third kappa shape index (κ3) is 15.4. The summed E-state index contributed by atoms with van der Waals surface area (Å²) in [6, 6.07) is -1.23. The molecule has 0 aromatic heterocycles. The molecule has 0 spiro atoms. The van der Waals surface area contributed by atoms with Crippen LogP contribution in [-0.2, 0) is 33.2 Å². The van der Waals surface area contributed by atoms with Crippen LogP contribution in [0.3, 0.4) is 0 Å². The molecule has 0 aromatic carbocycles. The summed E-state index contributed by atoms with van der Waals surface area (Å²) in [6.45, 7) is 16.2. The molecule has 0 aliphatic rings. The maximum absolute atomic E-state index is 12.1. The molecule has 0 unspecified atom stereocenters. The van der Waals surface area contributed by atoms with Crippen LogP contribution in [0.2, 0.25) is 0 Å². The zero-order chi connectivity index (χ0) is 26.6. The molecule has 0 fully saturated rings. The quantitative estimate of drug-likeness (QED) is 0.277. The van der Waals surface area contributed by atoms with Gasteiger partial charge in [-0.1, -0.05) is 0 Å². The molecular formula is C24H47NO9. The van der Waals surface area contributed by atoms with Crippen LogP contribution in [0.15, 0.2) is 0 Å². The summed E-state index contributed by atoms with van der Waals surface area (Å²) < 4.78 is 33.0. The van der Waals surface area contributed by atoms with Gasteiger partial charge in [0.2, 0.25) is 0 Å². The molecule has 0 bridgehead atoms. The van der Waals surface area contributed by atoms with Gasteiger partial charge < -0.3 is 38.8 Å². The van der Waals surface area contributed by atoms with Crippen molar-refractivity contribution in [2.75, 3.05) is 47.3 Å². The van der Waals surface area contributed by atoms with Crippen LogP contribution in [0.25, 0.3) is 0 Å². The Kier molecular flexibility index (Phi) is 13.6. The molecule has 0 aliphatic heterocycles. The Balaban J connectivity index is 4.37. The summed E-state index contributed by atoms with van der Waals surface area (Å²) in [5.41, 5.74) is -1.85. The van der Waals surface area contributed by atoms with Crippen LogP contribution in [0, 0.1) is 0 Å². The molecule has 0 saturated heterocycles. The molecule has 2 N–H and O–H groups in total. The number of methoxy groups -OCH3 is 2. The molecular weight excluding hydrogens is 446 g/mol. The topological polar surface area (TPSA) is 122 Å². The number of carboxylic acid groups (broad SMARTS) is 1. The van der Waals surface area contributed by atoms with Gasteiger partial charge in [-0.2, -0.15) is 0 Å². The van der Waals surface area contributed by atoms with Gasteiger partial charge in [-0.05, 0) is 61.8 Å². The summed E-state index contributed by atoms with van der Waals surface area (Å²) in [7, 11) is 3.24. The van der Waals surface area contributed by atoms with Gasteiger partial charge in [0.1, 0.15) is 0 Å². The Morgan fingerprint density at radius 3 is 1.62 bits per heavy atom. The number of nitrogens with one attached hydrogen (secondary N) is 1. The van der Waals surface area contributed by atoms with E-state index in [-0.39, 0.29) is 19.8 Å². The second kappa shape index (κ2) is 14.2. The summed E-state index contributed by atoms with van der Waals surface area (Å²) in [5, 5.41) is 11.7. The van der Waals surface area contributed by atoms with Crippen LogP contribution < -0.4 is 5.32 Å². The molecule has 202 valence electrons. The monoisotopic (exact) mass is 493 g/mol. The molecule has 0 heterocycles. The maximum Gasteiger partial charge on any atom is 0.407 e. The third-order valence-corrected chi connectivity index (χ3v) is 5.39. The van der Waals surface area contributed by atoms with Crippen molar-refractivity contribution in [2.24, 2.45) is 0 Å². The minimum Gasteiger partial charge on any atom is -0.480 e. The number of ether oxygens (including phenoxy) is 6. The molecule has 0 aliphatic carbocycles. The van der Waals surface area contributed by atoms with Gasteiger partial charge >= 0.3 is 12.1 Å². The minimum absolute atomic E-state index is 0.0722. The Bertz CT molecular complexity index is 618. The highest BCUT2D eigenvalue weighted by atomic mass is 16.6. The molecule has 0 rings (SSSR count). The average Bonchev–Trinajstić information content (AvgIpc) is 2.73. The van der Waals surface area contributed by atoms with Crippen molar-refractivity contribution >= 4 is 12.1 Å². The Morgan fingerprint density at radius 2 is 1.21 bits per heavy atom. The van der Waals surface area contributed by atoms with Gasteiger partial charge in [-0.15, -0.1) is 0 Å². The van der Waals surface area contributed by atoms with E-state index in [1.807, 2.05) is 55.4 Å². The van der Waals surface area contributed by atoms with Crippen LogP contribution >= 0.6 is 0 Å². The van der Waals surface area contributed by atoms with E-state index < -0.39 is 40.5 Å². The fraction of sp³-hybridized carbons (Fsp3) is 0.917. The van der Waals surface area contributed by atoms with Crippen LogP contribution in [0.5, 0.6) is 0 Å². The van der Waals surface area contributed by atoms with Crippen LogP contribution in [0.1, 0.15) is 68.2 Å². The number of amides is 1. The lowest BCUT2D eigenvalue weighted by Gasteiger charge is -2.31. The first-order valence-electron chi connectivity index (χ1n) is 11.6. The minimum atomic E-state index is -1.23. The largest absolute Gasteiger partial charge is 0.480 e. The number of carbonyl (C=O) groups excluding carboxylic acids is 1. The number of hydrogen-bond donors (Lipinski definition) is 2. The van der Waals surface area contributed by atoms with E-state index in [9.17, 15) is 14.7 Å². The van der Waals surface area contributed by atoms with Crippen LogP contribution in [-0.4, -0.2) is 92.9 Å². The molecule has 34 heavy (non-hydrogen) atoms. The van der Waals surface area contributed by atoms with Gasteiger partial charge in [0.15, 0.2) is 6.04 Å². The second-order valence-electron chi connectivity index (χ2n) is 10.8. The highest BCUT2D eigenvalue weighted by molar-refractivity contribution is 5.79. The Hall–Kier alpha value is -1.46. The van der Waals surface area contributed by atoms with Gasteiger partial charge in [0.25, 0.3) is 0 Å². The number of carbonyl (C=O) groups is 2. The normalized spacial score (nSPS) is 14.1. The highest BCUT2D eigenvalue weighted by Crippen LogP contribution is 2.20. The third-order valence-electron chi connectivity index (χ3n) is 5.39. The van der Waals surface area contributed by atoms with Crippen molar-refractivity contribution in [3.05, 3.63) is 0 Å². The van der Waals surface area contributed by atoms with Gasteiger partial charge in [-0.3, -0.25) is 0 Å². The number of aliphatic carboxylic acids is 1. The number of carboxylic acids is 1. The average molecular weight is 494 g/mol. The van der Waals surface area contributed by atoms with Crippen molar-refractivity contribution in [1.29, 1.82) is 0 Å². The fourth-order valence-corrected chi connectivity index (χ4v) is 2.27. The van der Waals surface area contributed by atoms with Crippen molar-refractivity contribution in [2.45, 2.75) is 96.7 Å². The Morgan fingerprint density at radius 1 is 0.765 bits per heavy atom. The van der Waals surface area contributed by atoms with E-state index in [4.69, 9.17) is 28.4 Å². The molecule has 0 saturated carbocycles. The first-order chi connectivity index (χ1) is 15.4. The summed E-state index contributed by atoms with van der Waals surface area (Å²) in [6.07, 6.45) is 0.150. The predicted octanol–water partition coefficient (Wildman–Crippen LogP) is 3.40. The summed E-state index contributed by atoms with van der Waals surface area (Å²) >= 11 is 0. The highest BCUT2D eigenvalue weighted by Gasteiger charge is 2.27. The van der Waals surface area contributed by atoms with Crippen molar-refractivity contribution in [3.63, 3.8) is 0 Å². The van der Waals surface area contributed by atoms with E-state index in [1.54, 1.807) is 14.2 Å². The molecule has 10 nitrogen and oxygen atoms in total. The smallest absolute Gasteiger partial charge is 0.407 e. The van der Waals surface area contributed by atoms with E-state index in [2.05, 4.69) is 5.32 Å². The van der Waals surface area contributed by atoms with Crippen molar-refractivity contribution < 1.29 is 43.1 Å². The van der Waals surface area contributed by atoms with Gasteiger partial charge in [-0.25, -0.2) is 9.59 Å². The number of rotatable bonds is 18. The Labute approximate surface area is 204 Å². The molecule has 1 atom stereocenters. The van der Waals surface area contributed by atoms with E-state index in [0.29, 0.717) is 26.1 Å². The van der Waals surface area contributed by atoms with Gasteiger partial charge in [0, 0.05) is 27.2 Å². The summed E-state index contributed by atoms with van der Waals surface area (Å²) in [5.74, 6) is -1.21. The number of hydrogen-bond acceptors (Lipinski definition) is 8. The SMILES string of the molecule is COC(C)(C)COC(C)(C)CCOC[C@H](NC(=O)OCCC(C)(C)OCC(C)(C)OC)C(=O)O. The van der Waals surface area contributed by atoms with E-state index in [0.717, 1.165) is 0 Å². The molecule has 1 amide bonds. The molecule has 0 radical (unpaired) electrons. The van der Waals surface area contributed by atoms with Crippen molar-refractivity contribution in [1.82, 2.24) is 5.32 Å². The van der Waals surface area contributed by atoms with E-state index >= 15 is 0 Å². The standard InChI is InChI=1S/C24H47NO9/c1-21(2,33-16-23(5,6)29-9)11-13-31-15-18(19(26)27)25-20(28)32-14-12-22(3,4)34-17-24(7,8)30-10/h18H,11-17H2,1-10H3,(H,25,28)(H,26,27)/t18-/m0/s1. The maximum atomic E-state index is 12.1. The lowest BCUT2D eigenvalue weighted by molar-refractivity contribution is -0.141. The zero-order valence-electron chi connectivity index (χ0n) is 22.7. The van der Waals surface area contributed by atoms with Gasteiger partial charge in [0.05, 0.1) is 48.8 Å². The van der Waals surface area contributed by atoms with Crippen LogP contribution in [0.4, 0.5) is 4.79 Å². The summed E-state index contributed by atoms with van der Waals surface area (Å²) in [4.78, 5) is 23.6.